The minimum Gasteiger partial charge on any atom is -0.493 e. The van der Waals surface area contributed by atoms with Crippen LogP contribution in [-0.2, 0) is 14.3 Å². The van der Waals surface area contributed by atoms with E-state index in [0.29, 0.717) is 15.8 Å². The Morgan fingerprint density at radius 1 is 1.08 bits per heavy atom. The van der Waals surface area contributed by atoms with Crippen molar-refractivity contribution in [3.63, 3.8) is 0 Å². The number of carbonyl (C=O) groups is 2. The van der Waals surface area contributed by atoms with Crippen molar-refractivity contribution in [3.05, 3.63) is 58.1 Å². The van der Waals surface area contributed by atoms with Gasteiger partial charge in [0, 0.05) is 0 Å². The number of nitrogens with one attached hydrogen (secondary N) is 1. The van der Waals surface area contributed by atoms with Gasteiger partial charge >= 0.3 is 5.97 Å². The van der Waals surface area contributed by atoms with E-state index in [1.165, 1.54) is 6.92 Å². The van der Waals surface area contributed by atoms with Crippen molar-refractivity contribution in [2.75, 3.05) is 11.9 Å². The molecule has 5 nitrogen and oxygen atoms in total. The van der Waals surface area contributed by atoms with Crippen molar-refractivity contribution in [1.29, 1.82) is 0 Å². The van der Waals surface area contributed by atoms with Crippen LogP contribution in [0.1, 0.15) is 18.9 Å². The highest BCUT2D eigenvalue weighted by atomic mass is 35.5. The SMILES string of the molecule is Cc1ccc(OCCC(=O)O[C@H](C)C(=O)Nc2c(Cl)cccc2Cl)cc1. The van der Waals surface area contributed by atoms with Crippen LogP contribution in [-0.4, -0.2) is 24.6 Å². The summed E-state index contributed by atoms with van der Waals surface area (Å²) in [6.07, 6.45) is -0.965. The minimum absolute atomic E-state index is 0.0261. The molecule has 7 heteroatoms. The molecule has 0 aliphatic rings. The maximum Gasteiger partial charge on any atom is 0.310 e. The molecule has 26 heavy (non-hydrogen) atoms. The van der Waals surface area contributed by atoms with E-state index in [-0.39, 0.29) is 18.7 Å². The quantitative estimate of drug-likeness (QED) is 0.693. The van der Waals surface area contributed by atoms with Gasteiger partial charge in [-0.3, -0.25) is 9.59 Å². The van der Waals surface area contributed by atoms with Gasteiger partial charge in [0.2, 0.25) is 0 Å². The van der Waals surface area contributed by atoms with E-state index in [1.54, 1.807) is 18.2 Å². The maximum absolute atomic E-state index is 12.1. The molecule has 1 amide bonds. The number of para-hydroxylation sites is 1. The molecule has 1 N–H and O–H groups in total. The lowest BCUT2D eigenvalue weighted by atomic mass is 10.2. The third-order valence-corrected chi connectivity index (χ3v) is 4.11. The summed E-state index contributed by atoms with van der Waals surface area (Å²) in [6, 6.07) is 12.3. The van der Waals surface area contributed by atoms with Crippen LogP contribution in [0, 0.1) is 6.92 Å². The molecule has 0 heterocycles. The van der Waals surface area contributed by atoms with E-state index in [9.17, 15) is 9.59 Å². The molecule has 0 spiro atoms. The van der Waals surface area contributed by atoms with Crippen LogP contribution in [0.15, 0.2) is 42.5 Å². The van der Waals surface area contributed by atoms with Crippen LogP contribution in [0.4, 0.5) is 5.69 Å². The van der Waals surface area contributed by atoms with Gasteiger partial charge in [-0.15, -0.1) is 0 Å². The first kappa shape index (κ1) is 20.1. The first-order valence-electron chi connectivity index (χ1n) is 8.00. The van der Waals surface area contributed by atoms with Gasteiger partial charge in [0.1, 0.15) is 5.75 Å². The largest absolute Gasteiger partial charge is 0.493 e. The predicted molar refractivity (Wildman–Crippen MR) is 102 cm³/mol. The molecule has 138 valence electrons. The van der Waals surface area contributed by atoms with Gasteiger partial charge in [-0.2, -0.15) is 0 Å². The zero-order valence-electron chi connectivity index (χ0n) is 14.4. The molecule has 0 radical (unpaired) electrons. The summed E-state index contributed by atoms with van der Waals surface area (Å²) in [6.45, 7) is 3.61. The summed E-state index contributed by atoms with van der Waals surface area (Å²) in [5, 5.41) is 3.16. The van der Waals surface area contributed by atoms with Crippen molar-refractivity contribution >= 4 is 40.8 Å². The van der Waals surface area contributed by atoms with E-state index in [0.717, 1.165) is 5.56 Å². The van der Waals surface area contributed by atoms with Gasteiger partial charge in [0.05, 0.1) is 28.8 Å². The van der Waals surface area contributed by atoms with Gasteiger partial charge in [-0.05, 0) is 38.1 Å². The molecule has 2 rings (SSSR count). The third kappa shape index (κ3) is 5.93. The summed E-state index contributed by atoms with van der Waals surface area (Å²) in [4.78, 5) is 24.0. The highest BCUT2D eigenvalue weighted by Crippen LogP contribution is 2.29. The number of ether oxygens (including phenoxy) is 2. The van der Waals surface area contributed by atoms with Gasteiger partial charge in [-0.1, -0.05) is 47.0 Å². The van der Waals surface area contributed by atoms with Crippen molar-refractivity contribution in [1.82, 2.24) is 0 Å². The fourth-order valence-corrected chi connectivity index (χ4v) is 2.53. The molecule has 2 aromatic rings. The second-order valence-electron chi connectivity index (χ2n) is 5.63. The Kier molecular flexibility index (Phi) is 7.30. The fraction of sp³-hybridized carbons (Fsp3) is 0.263. The van der Waals surface area contributed by atoms with Gasteiger partial charge < -0.3 is 14.8 Å². The van der Waals surface area contributed by atoms with Crippen molar-refractivity contribution < 1.29 is 19.1 Å². The Morgan fingerprint density at radius 2 is 1.69 bits per heavy atom. The standard InChI is InChI=1S/C19H19Cl2NO4/c1-12-6-8-14(9-7-12)25-11-10-17(23)26-13(2)19(24)22-18-15(20)4-3-5-16(18)21/h3-9,13H,10-11H2,1-2H3,(H,22,24)/t13-/m1/s1. The molecule has 1 atom stereocenters. The van der Waals surface area contributed by atoms with Crippen LogP contribution in [0.25, 0.3) is 0 Å². The Labute approximate surface area is 162 Å². The summed E-state index contributed by atoms with van der Waals surface area (Å²) < 4.78 is 10.6. The third-order valence-electron chi connectivity index (χ3n) is 3.48. The number of carbonyl (C=O) groups excluding carboxylic acids is 2. The fourth-order valence-electron chi connectivity index (χ4n) is 2.04. The minimum atomic E-state index is -0.991. The maximum atomic E-state index is 12.1. The Morgan fingerprint density at radius 3 is 2.31 bits per heavy atom. The van der Waals surface area contributed by atoms with Gasteiger partial charge in [0.15, 0.2) is 6.10 Å². The topological polar surface area (TPSA) is 64.6 Å². The Hall–Kier alpha value is -2.24. The monoisotopic (exact) mass is 395 g/mol. The molecular formula is C19H19Cl2NO4. The first-order valence-corrected chi connectivity index (χ1v) is 8.76. The number of aryl methyl sites for hydroxylation is 1. The van der Waals surface area contributed by atoms with E-state index in [2.05, 4.69) is 5.32 Å². The second-order valence-corrected chi connectivity index (χ2v) is 6.44. The number of benzene rings is 2. The summed E-state index contributed by atoms with van der Waals surface area (Å²) >= 11 is 12.0. The van der Waals surface area contributed by atoms with E-state index in [4.69, 9.17) is 32.7 Å². The van der Waals surface area contributed by atoms with Crippen LogP contribution < -0.4 is 10.1 Å². The van der Waals surface area contributed by atoms with Crippen LogP contribution in [0.2, 0.25) is 10.0 Å². The average Bonchev–Trinajstić information content (AvgIpc) is 2.59. The van der Waals surface area contributed by atoms with Gasteiger partial charge in [-0.25, -0.2) is 0 Å². The average molecular weight is 396 g/mol. The molecule has 0 aromatic heterocycles. The second kappa shape index (κ2) is 9.46. The first-order chi connectivity index (χ1) is 12.4. The molecule has 2 aromatic carbocycles. The molecule has 0 aliphatic carbocycles. The zero-order valence-corrected chi connectivity index (χ0v) is 15.9. The number of esters is 1. The zero-order chi connectivity index (χ0) is 19.1. The number of hydrogen-bond donors (Lipinski definition) is 1. The molecule has 0 fully saturated rings. The Bertz CT molecular complexity index is 757. The van der Waals surface area contributed by atoms with E-state index in [1.807, 2.05) is 31.2 Å². The van der Waals surface area contributed by atoms with Gasteiger partial charge in [0.25, 0.3) is 5.91 Å². The molecule has 0 saturated heterocycles. The van der Waals surface area contributed by atoms with Crippen molar-refractivity contribution in [2.24, 2.45) is 0 Å². The van der Waals surface area contributed by atoms with Crippen LogP contribution in [0.3, 0.4) is 0 Å². The number of anilines is 1. The predicted octanol–water partition coefficient (Wildman–Crippen LogP) is 4.64. The van der Waals surface area contributed by atoms with Crippen molar-refractivity contribution in [2.45, 2.75) is 26.4 Å². The van der Waals surface area contributed by atoms with Crippen molar-refractivity contribution in [3.8, 4) is 5.75 Å². The summed E-state index contributed by atoms with van der Waals surface area (Å²) in [5.74, 6) is -0.389. The molecule has 0 unspecified atom stereocenters. The number of halogens is 2. The number of rotatable bonds is 7. The molecule has 0 aliphatic heterocycles. The highest BCUT2D eigenvalue weighted by Gasteiger charge is 2.19. The van der Waals surface area contributed by atoms with Crippen LogP contribution in [0.5, 0.6) is 5.75 Å². The molecular weight excluding hydrogens is 377 g/mol. The lowest BCUT2D eigenvalue weighted by Gasteiger charge is -2.15. The number of amides is 1. The summed E-state index contributed by atoms with van der Waals surface area (Å²) in [7, 11) is 0. The lowest BCUT2D eigenvalue weighted by Crippen LogP contribution is -2.30. The highest BCUT2D eigenvalue weighted by molar-refractivity contribution is 6.39. The normalized spacial score (nSPS) is 11.5. The van der Waals surface area contributed by atoms with Crippen LogP contribution >= 0.6 is 23.2 Å². The number of hydrogen-bond acceptors (Lipinski definition) is 4. The smallest absolute Gasteiger partial charge is 0.310 e. The molecule has 0 saturated carbocycles. The summed E-state index contributed by atoms with van der Waals surface area (Å²) in [5.41, 5.74) is 1.40. The molecule has 0 bridgehead atoms. The Balaban J connectivity index is 1.78. The van der Waals surface area contributed by atoms with E-state index >= 15 is 0 Å². The van der Waals surface area contributed by atoms with E-state index < -0.39 is 18.0 Å². The lowest BCUT2D eigenvalue weighted by molar-refractivity contribution is -0.153.